The third-order valence-corrected chi connectivity index (χ3v) is 1.92. The molecule has 0 spiro atoms. The summed E-state index contributed by atoms with van der Waals surface area (Å²) < 4.78 is 44.8. The van der Waals surface area contributed by atoms with E-state index < -0.39 is 18.2 Å². The van der Waals surface area contributed by atoms with Crippen molar-refractivity contribution in [2.45, 2.75) is 13.3 Å². The van der Waals surface area contributed by atoms with E-state index >= 15 is 0 Å². The van der Waals surface area contributed by atoms with Crippen molar-refractivity contribution < 1.29 is 27.4 Å². The van der Waals surface area contributed by atoms with Crippen LogP contribution in [0.4, 0.5) is 23.8 Å². The largest absolute Gasteiger partial charge is 0.573 e. The van der Waals surface area contributed by atoms with Crippen molar-refractivity contribution in [1.82, 2.24) is 10.3 Å². The molecule has 2 N–H and O–H groups in total. The van der Waals surface area contributed by atoms with Crippen molar-refractivity contribution in [3.63, 3.8) is 0 Å². The lowest BCUT2D eigenvalue weighted by molar-refractivity contribution is -0.274. The van der Waals surface area contributed by atoms with Gasteiger partial charge in [0.15, 0.2) is 16.7 Å². The number of alkyl carbamates (subject to hydrolysis) is 1. The quantitative estimate of drug-likeness (QED) is 0.836. The first-order valence-electron chi connectivity index (χ1n) is 5.27. The van der Waals surface area contributed by atoms with E-state index in [1.54, 1.807) is 6.92 Å². The van der Waals surface area contributed by atoms with E-state index in [0.29, 0.717) is 0 Å². The van der Waals surface area contributed by atoms with Crippen LogP contribution in [0.1, 0.15) is 6.92 Å². The molecule has 0 saturated heterocycles. The van der Waals surface area contributed by atoms with Gasteiger partial charge in [0.05, 0.1) is 6.61 Å². The zero-order valence-electron chi connectivity index (χ0n) is 10.2. The minimum atomic E-state index is -4.87. The van der Waals surface area contributed by atoms with Crippen LogP contribution in [0.2, 0.25) is 0 Å². The Morgan fingerprint density at radius 1 is 1.50 bits per heavy atom. The van der Waals surface area contributed by atoms with E-state index in [-0.39, 0.29) is 17.5 Å². The third kappa shape index (κ3) is 5.69. The fourth-order valence-electron chi connectivity index (χ4n) is 1.09. The fourth-order valence-corrected chi connectivity index (χ4v) is 1.27. The van der Waals surface area contributed by atoms with Crippen LogP contribution < -0.4 is 15.4 Å². The fraction of sp³-hybridized carbons (Fsp3) is 0.300. The normalized spacial score (nSPS) is 10.6. The van der Waals surface area contributed by atoms with Crippen LogP contribution in [-0.4, -0.2) is 29.2 Å². The summed E-state index contributed by atoms with van der Waals surface area (Å²) in [7, 11) is 0. The standard InChI is InChI=1S/C10H10F3N3O3S/c1-2-18-9(17)16-8(20)15-7-6(4-3-5-14-7)19-10(11,12)13/h3-5H,2H2,1H3,(H2,14,15,16,17,20). The molecule has 0 aliphatic carbocycles. The molecule has 6 nitrogen and oxygen atoms in total. The van der Waals surface area contributed by atoms with Gasteiger partial charge in [0.2, 0.25) is 0 Å². The van der Waals surface area contributed by atoms with Gasteiger partial charge in [-0.3, -0.25) is 5.32 Å². The molecular formula is C10H10F3N3O3S. The van der Waals surface area contributed by atoms with Crippen molar-refractivity contribution in [2.75, 3.05) is 11.9 Å². The molecule has 0 unspecified atom stereocenters. The Bertz CT molecular complexity index is 496. The Labute approximate surface area is 117 Å². The van der Waals surface area contributed by atoms with Gasteiger partial charge in [-0.05, 0) is 31.3 Å². The van der Waals surface area contributed by atoms with Crippen LogP contribution in [0.5, 0.6) is 5.75 Å². The number of pyridine rings is 1. The zero-order chi connectivity index (χ0) is 15.2. The molecule has 0 fully saturated rings. The van der Waals surface area contributed by atoms with Crippen LogP contribution in [0.25, 0.3) is 0 Å². The molecule has 10 heteroatoms. The molecule has 0 aliphatic heterocycles. The second kappa shape index (κ2) is 6.89. The minimum Gasteiger partial charge on any atom is -0.450 e. The predicted octanol–water partition coefficient (Wildman–Crippen LogP) is 2.42. The number of thiocarbonyl (C=S) groups is 1. The predicted molar refractivity (Wildman–Crippen MR) is 67.3 cm³/mol. The van der Waals surface area contributed by atoms with Gasteiger partial charge in [-0.25, -0.2) is 9.78 Å². The summed E-state index contributed by atoms with van der Waals surface area (Å²) in [4.78, 5) is 14.7. The lowest BCUT2D eigenvalue weighted by atomic mass is 10.4. The number of nitrogens with one attached hydrogen (secondary N) is 2. The second-order valence-corrected chi connectivity index (χ2v) is 3.61. The highest BCUT2D eigenvalue weighted by Crippen LogP contribution is 2.27. The van der Waals surface area contributed by atoms with E-state index in [1.807, 2.05) is 0 Å². The molecule has 20 heavy (non-hydrogen) atoms. The van der Waals surface area contributed by atoms with Crippen molar-refractivity contribution in [3.05, 3.63) is 18.3 Å². The number of amides is 1. The summed E-state index contributed by atoms with van der Waals surface area (Å²) >= 11 is 4.73. The van der Waals surface area contributed by atoms with Crippen molar-refractivity contribution >= 4 is 29.2 Å². The number of nitrogens with zero attached hydrogens (tertiary/aromatic N) is 1. The van der Waals surface area contributed by atoms with Gasteiger partial charge >= 0.3 is 12.5 Å². The summed E-state index contributed by atoms with van der Waals surface area (Å²) in [5.74, 6) is -0.861. The molecule has 0 saturated carbocycles. The summed E-state index contributed by atoms with van der Waals surface area (Å²) in [6.45, 7) is 1.71. The van der Waals surface area contributed by atoms with Crippen LogP contribution in [-0.2, 0) is 4.74 Å². The first-order valence-corrected chi connectivity index (χ1v) is 5.68. The number of carbonyl (C=O) groups excluding carboxylic acids is 1. The second-order valence-electron chi connectivity index (χ2n) is 3.20. The summed E-state index contributed by atoms with van der Waals surface area (Å²) in [6, 6.07) is 2.31. The Morgan fingerprint density at radius 3 is 2.80 bits per heavy atom. The zero-order valence-corrected chi connectivity index (χ0v) is 11.0. The molecule has 0 aromatic carbocycles. The Balaban J connectivity index is 2.72. The van der Waals surface area contributed by atoms with Crippen molar-refractivity contribution in [3.8, 4) is 5.75 Å². The van der Waals surface area contributed by atoms with E-state index in [0.717, 1.165) is 6.07 Å². The van der Waals surface area contributed by atoms with Gasteiger partial charge in [0.25, 0.3) is 0 Å². The minimum absolute atomic E-state index is 0.125. The van der Waals surface area contributed by atoms with Gasteiger partial charge < -0.3 is 14.8 Å². The van der Waals surface area contributed by atoms with Crippen molar-refractivity contribution in [1.29, 1.82) is 0 Å². The molecule has 1 aromatic rings. The van der Waals surface area contributed by atoms with Crippen molar-refractivity contribution in [2.24, 2.45) is 0 Å². The highest BCUT2D eigenvalue weighted by atomic mass is 32.1. The molecule has 0 aliphatic rings. The number of hydrogen-bond donors (Lipinski definition) is 2. The Kier molecular flexibility index (Phi) is 5.50. The van der Waals surface area contributed by atoms with Crippen LogP contribution in [0.3, 0.4) is 0 Å². The molecule has 0 bridgehead atoms. The lowest BCUT2D eigenvalue weighted by Gasteiger charge is -2.14. The van der Waals surface area contributed by atoms with E-state index in [1.165, 1.54) is 12.3 Å². The lowest BCUT2D eigenvalue weighted by Crippen LogP contribution is -2.35. The number of halogens is 3. The van der Waals surface area contributed by atoms with Crippen LogP contribution >= 0.6 is 12.2 Å². The van der Waals surface area contributed by atoms with Crippen LogP contribution in [0, 0.1) is 0 Å². The number of aromatic nitrogens is 1. The van der Waals surface area contributed by atoms with E-state index in [9.17, 15) is 18.0 Å². The summed E-state index contributed by atoms with van der Waals surface area (Å²) in [5.41, 5.74) is 0. The number of ether oxygens (including phenoxy) is 2. The maximum atomic E-state index is 12.2. The van der Waals surface area contributed by atoms with E-state index in [4.69, 9.17) is 12.2 Å². The third-order valence-electron chi connectivity index (χ3n) is 1.72. The first kappa shape index (κ1) is 16.0. The Morgan fingerprint density at radius 2 is 2.20 bits per heavy atom. The van der Waals surface area contributed by atoms with Crippen LogP contribution in [0.15, 0.2) is 18.3 Å². The highest BCUT2D eigenvalue weighted by molar-refractivity contribution is 7.80. The molecule has 1 aromatic heterocycles. The topological polar surface area (TPSA) is 72.5 Å². The molecule has 1 heterocycles. The number of alkyl halides is 3. The average Bonchev–Trinajstić information content (AvgIpc) is 2.30. The average molecular weight is 309 g/mol. The first-order chi connectivity index (χ1) is 9.31. The van der Waals surface area contributed by atoms with Gasteiger partial charge in [0.1, 0.15) is 0 Å². The molecule has 1 rings (SSSR count). The highest BCUT2D eigenvalue weighted by Gasteiger charge is 2.32. The van der Waals surface area contributed by atoms with E-state index in [2.05, 4.69) is 25.1 Å². The number of rotatable bonds is 3. The number of hydrogen-bond acceptors (Lipinski definition) is 5. The molecule has 0 atom stereocenters. The number of carbonyl (C=O) groups is 1. The maximum Gasteiger partial charge on any atom is 0.573 e. The summed E-state index contributed by atoms with van der Waals surface area (Å²) in [5, 5.41) is 4.14. The molecular weight excluding hydrogens is 299 g/mol. The molecule has 110 valence electrons. The van der Waals surface area contributed by atoms with Gasteiger partial charge in [-0.2, -0.15) is 0 Å². The summed E-state index contributed by atoms with van der Waals surface area (Å²) in [6.07, 6.45) is -4.46. The SMILES string of the molecule is CCOC(=O)NC(=S)Nc1ncccc1OC(F)(F)F. The van der Waals surface area contributed by atoms with Gasteiger partial charge in [0, 0.05) is 6.20 Å². The smallest absolute Gasteiger partial charge is 0.450 e. The molecule has 0 radical (unpaired) electrons. The monoisotopic (exact) mass is 309 g/mol. The maximum absolute atomic E-state index is 12.2. The number of anilines is 1. The van der Waals surface area contributed by atoms with Gasteiger partial charge in [-0.1, -0.05) is 0 Å². The Hall–Kier alpha value is -2.10. The van der Waals surface area contributed by atoms with Gasteiger partial charge in [-0.15, -0.1) is 13.2 Å². The molecule has 1 amide bonds.